The van der Waals surface area contributed by atoms with Crippen LogP contribution in [0.3, 0.4) is 0 Å². The molecule has 13 heteroatoms. The average molecular weight is 578 g/mol. The number of nitrogens with one attached hydrogen (secondary N) is 2. The summed E-state index contributed by atoms with van der Waals surface area (Å²) in [5, 5.41) is 14.0. The number of aromatic nitrogens is 3. The van der Waals surface area contributed by atoms with E-state index < -0.39 is 16.3 Å². The lowest BCUT2D eigenvalue weighted by atomic mass is 10.0. The summed E-state index contributed by atoms with van der Waals surface area (Å²) in [6, 6.07) is 14.3. The van der Waals surface area contributed by atoms with Crippen LogP contribution in [0.25, 0.3) is 22.0 Å². The molecule has 0 saturated carbocycles. The third kappa shape index (κ3) is 6.15. The summed E-state index contributed by atoms with van der Waals surface area (Å²) in [7, 11) is -0.789. The van der Waals surface area contributed by atoms with Gasteiger partial charge in [0.15, 0.2) is 0 Å². The zero-order valence-electron chi connectivity index (χ0n) is 22.9. The molecule has 0 bridgehead atoms. The van der Waals surface area contributed by atoms with Gasteiger partial charge < -0.3 is 20.1 Å². The van der Waals surface area contributed by atoms with E-state index >= 15 is 0 Å². The Bertz CT molecular complexity index is 1700. The van der Waals surface area contributed by atoms with E-state index in [0.717, 1.165) is 22.7 Å². The van der Waals surface area contributed by atoms with Gasteiger partial charge in [-0.2, -0.15) is 12.7 Å². The minimum atomic E-state index is -3.71. The number of amides is 1. The Morgan fingerprint density at radius 1 is 1.07 bits per heavy atom. The number of nitrogens with zero attached hydrogens (tertiary/aromatic N) is 5. The van der Waals surface area contributed by atoms with Gasteiger partial charge in [-0.1, -0.05) is 24.3 Å². The number of carbonyl (C=O) groups is 1. The molecule has 1 fully saturated rings. The lowest BCUT2D eigenvalue weighted by Crippen LogP contribution is -2.44. The van der Waals surface area contributed by atoms with Crippen LogP contribution in [0.4, 0.5) is 16.4 Å². The summed E-state index contributed by atoms with van der Waals surface area (Å²) in [4.78, 5) is 26.3. The highest BCUT2D eigenvalue weighted by Crippen LogP contribution is 2.38. The van der Waals surface area contributed by atoms with Crippen LogP contribution in [-0.4, -0.2) is 77.0 Å². The first-order chi connectivity index (χ1) is 19.6. The van der Waals surface area contributed by atoms with Crippen molar-refractivity contribution in [2.75, 3.05) is 37.2 Å². The first kappa shape index (κ1) is 28.1. The SMILES string of the molecule is Cc1ccc2c(NS(=O)(=O)N(C)C)cccc2c1Oc1ncccc1-c1ccnc(N[C@H]2CCCN(C(=O)O)C2)n1. The van der Waals surface area contributed by atoms with Crippen molar-refractivity contribution in [2.24, 2.45) is 0 Å². The van der Waals surface area contributed by atoms with Crippen molar-refractivity contribution in [1.29, 1.82) is 0 Å². The van der Waals surface area contributed by atoms with Crippen molar-refractivity contribution >= 4 is 38.7 Å². The predicted molar refractivity (Wildman–Crippen MR) is 156 cm³/mol. The fourth-order valence-corrected chi connectivity index (χ4v) is 5.33. The zero-order chi connectivity index (χ0) is 29.1. The Balaban J connectivity index is 1.46. The number of rotatable bonds is 8. The third-order valence-corrected chi connectivity index (χ3v) is 8.29. The predicted octanol–water partition coefficient (Wildman–Crippen LogP) is 4.57. The molecule has 5 rings (SSSR count). The number of hydrogen-bond acceptors (Lipinski definition) is 8. The second-order valence-corrected chi connectivity index (χ2v) is 11.8. The molecule has 2 aromatic carbocycles. The molecule has 12 nitrogen and oxygen atoms in total. The maximum absolute atomic E-state index is 12.5. The first-order valence-corrected chi connectivity index (χ1v) is 14.5. The second kappa shape index (κ2) is 11.6. The number of carboxylic acid groups (broad SMARTS) is 1. The molecule has 4 aromatic rings. The third-order valence-electron chi connectivity index (χ3n) is 6.86. The largest absolute Gasteiger partial charge is 0.465 e. The fourth-order valence-electron chi connectivity index (χ4n) is 4.69. The van der Waals surface area contributed by atoms with Gasteiger partial charge in [0.25, 0.3) is 0 Å². The topological polar surface area (TPSA) is 150 Å². The van der Waals surface area contributed by atoms with Crippen molar-refractivity contribution in [1.82, 2.24) is 24.2 Å². The van der Waals surface area contributed by atoms with Crippen LogP contribution < -0.4 is 14.8 Å². The second-order valence-electron chi connectivity index (χ2n) is 9.94. The van der Waals surface area contributed by atoms with Gasteiger partial charge in [0.2, 0.25) is 11.8 Å². The molecule has 3 N–H and O–H groups in total. The van der Waals surface area contributed by atoms with Crippen LogP contribution in [0, 0.1) is 6.92 Å². The summed E-state index contributed by atoms with van der Waals surface area (Å²) in [6.07, 6.45) is 3.89. The molecule has 3 heterocycles. The van der Waals surface area contributed by atoms with Crippen molar-refractivity contribution in [3.8, 4) is 22.9 Å². The number of likely N-dealkylation sites (tertiary alicyclic amines) is 1. The number of ether oxygens (including phenoxy) is 1. The highest BCUT2D eigenvalue weighted by atomic mass is 32.2. The van der Waals surface area contributed by atoms with Crippen molar-refractivity contribution in [3.63, 3.8) is 0 Å². The van der Waals surface area contributed by atoms with Gasteiger partial charge in [-0.25, -0.2) is 19.7 Å². The molecule has 1 aliphatic heterocycles. The summed E-state index contributed by atoms with van der Waals surface area (Å²) < 4.78 is 35.2. The van der Waals surface area contributed by atoms with Crippen LogP contribution >= 0.6 is 0 Å². The van der Waals surface area contributed by atoms with E-state index in [-0.39, 0.29) is 6.04 Å². The van der Waals surface area contributed by atoms with Crippen LogP contribution in [0.15, 0.2) is 60.9 Å². The number of pyridine rings is 1. The smallest absolute Gasteiger partial charge is 0.407 e. The van der Waals surface area contributed by atoms with Crippen LogP contribution in [-0.2, 0) is 10.2 Å². The normalized spacial score (nSPS) is 15.6. The Morgan fingerprint density at radius 3 is 2.68 bits per heavy atom. The molecule has 1 saturated heterocycles. The molecular weight excluding hydrogens is 546 g/mol. The standard InChI is InChI=1S/C28H31N7O5S/c1-18-11-12-20-21(8-4-10-24(20)33-41(38,39)34(2)3)25(18)40-26-22(9-5-14-29-26)23-13-15-30-27(32-23)31-19-7-6-16-35(17-19)28(36)37/h4-5,8-15,19,33H,6-7,16-17H2,1-3H3,(H,36,37)(H,30,31,32)/t19-/m0/s1. The minimum absolute atomic E-state index is 0.0998. The highest BCUT2D eigenvalue weighted by Gasteiger charge is 2.24. The number of benzene rings is 2. The quantitative estimate of drug-likeness (QED) is 0.274. The minimum Gasteiger partial charge on any atom is -0.465 e. The van der Waals surface area contributed by atoms with Crippen molar-refractivity contribution < 1.29 is 23.1 Å². The van der Waals surface area contributed by atoms with Gasteiger partial charge in [-0.05, 0) is 49.6 Å². The fraction of sp³-hybridized carbons (Fsp3) is 0.286. The molecular formula is C28H31N7O5S. The number of piperidine rings is 1. The molecule has 2 aromatic heterocycles. The maximum Gasteiger partial charge on any atom is 0.407 e. The van der Waals surface area contributed by atoms with E-state index in [1.54, 1.807) is 36.7 Å². The monoisotopic (exact) mass is 577 g/mol. The van der Waals surface area contributed by atoms with Gasteiger partial charge >= 0.3 is 16.3 Å². The number of hydrogen-bond donors (Lipinski definition) is 3. The van der Waals surface area contributed by atoms with E-state index in [9.17, 15) is 18.3 Å². The lowest BCUT2D eigenvalue weighted by Gasteiger charge is -2.31. The van der Waals surface area contributed by atoms with Crippen LogP contribution in [0.5, 0.6) is 11.6 Å². The summed E-state index contributed by atoms with van der Waals surface area (Å²) >= 11 is 0. The lowest BCUT2D eigenvalue weighted by molar-refractivity contribution is 0.132. The summed E-state index contributed by atoms with van der Waals surface area (Å²) in [5.74, 6) is 1.24. The Labute approximate surface area is 238 Å². The zero-order valence-corrected chi connectivity index (χ0v) is 23.7. The number of aryl methyl sites for hydroxylation is 1. The van der Waals surface area contributed by atoms with E-state index in [1.165, 1.54) is 19.0 Å². The maximum atomic E-state index is 12.5. The van der Waals surface area contributed by atoms with Crippen LogP contribution in [0.2, 0.25) is 0 Å². The molecule has 0 radical (unpaired) electrons. The average Bonchev–Trinajstić information content (AvgIpc) is 2.95. The Morgan fingerprint density at radius 2 is 1.90 bits per heavy atom. The molecule has 0 aliphatic carbocycles. The van der Waals surface area contributed by atoms with Gasteiger partial charge in [0, 0.05) is 56.4 Å². The highest BCUT2D eigenvalue weighted by molar-refractivity contribution is 7.90. The molecule has 214 valence electrons. The van der Waals surface area contributed by atoms with Gasteiger partial charge in [-0.15, -0.1) is 0 Å². The summed E-state index contributed by atoms with van der Waals surface area (Å²) in [6.45, 7) is 2.78. The number of fused-ring (bicyclic) bond motifs is 1. The molecule has 1 atom stereocenters. The number of anilines is 2. The van der Waals surface area contributed by atoms with Crippen molar-refractivity contribution in [2.45, 2.75) is 25.8 Å². The molecule has 41 heavy (non-hydrogen) atoms. The van der Waals surface area contributed by atoms with E-state index in [2.05, 4.69) is 25.0 Å². The van der Waals surface area contributed by atoms with E-state index in [1.807, 2.05) is 31.2 Å². The molecule has 1 aliphatic rings. The first-order valence-electron chi connectivity index (χ1n) is 13.1. The van der Waals surface area contributed by atoms with Gasteiger partial charge in [-0.3, -0.25) is 4.72 Å². The van der Waals surface area contributed by atoms with E-state index in [0.29, 0.717) is 58.4 Å². The molecule has 0 spiro atoms. The molecule has 0 unspecified atom stereocenters. The Kier molecular flexibility index (Phi) is 7.90. The summed E-state index contributed by atoms with van der Waals surface area (Å²) in [5.41, 5.74) is 2.48. The van der Waals surface area contributed by atoms with E-state index in [4.69, 9.17) is 4.74 Å². The van der Waals surface area contributed by atoms with Gasteiger partial charge in [0.1, 0.15) is 5.75 Å². The Hall–Kier alpha value is -4.49. The van der Waals surface area contributed by atoms with Gasteiger partial charge in [0.05, 0.1) is 16.9 Å². The molecule has 1 amide bonds. The van der Waals surface area contributed by atoms with Crippen molar-refractivity contribution in [3.05, 3.63) is 66.5 Å². The van der Waals surface area contributed by atoms with Crippen LogP contribution in [0.1, 0.15) is 18.4 Å².